The van der Waals surface area contributed by atoms with E-state index in [-0.39, 0.29) is 9.79 Å². The van der Waals surface area contributed by atoms with Gasteiger partial charge in [0.25, 0.3) is 0 Å². The lowest BCUT2D eigenvalue weighted by Crippen LogP contribution is -2.04. The highest BCUT2D eigenvalue weighted by Gasteiger charge is 2.20. The number of ether oxygens (including phenoxy) is 2. The number of hydrogen-bond donors (Lipinski definition) is 0. The number of rotatable bonds is 6. The lowest BCUT2D eigenvalue weighted by atomic mass is 10.2. The van der Waals surface area contributed by atoms with Crippen LogP contribution in [0.2, 0.25) is 0 Å². The molecule has 0 heterocycles. The van der Waals surface area contributed by atoms with Crippen molar-refractivity contribution < 1.29 is 17.9 Å². The van der Waals surface area contributed by atoms with E-state index in [1.807, 2.05) is 48.5 Å². The SMILES string of the molecule is Cc1cc(Oc2ccc(Br)cc2)ccc1S(=O)(=O)c1ccc(Oc2ccc(Br)cc2)cc1. The number of hydrogen-bond acceptors (Lipinski definition) is 4. The fourth-order valence-corrected chi connectivity index (χ4v) is 5.09. The van der Waals surface area contributed by atoms with E-state index >= 15 is 0 Å². The van der Waals surface area contributed by atoms with Crippen molar-refractivity contribution in [1.82, 2.24) is 0 Å². The van der Waals surface area contributed by atoms with Crippen LogP contribution < -0.4 is 9.47 Å². The Morgan fingerprint density at radius 1 is 0.594 bits per heavy atom. The van der Waals surface area contributed by atoms with Gasteiger partial charge in [-0.05, 0) is 103 Å². The van der Waals surface area contributed by atoms with Crippen LogP contribution in [0.25, 0.3) is 0 Å². The Hall–Kier alpha value is -2.61. The predicted molar refractivity (Wildman–Crippen MR) is 132 cm³/mol. The van der Waals surface area contributed by atoms with Gasteiger partial charge in [0.2, 0.25) is 9.84 Å². The Morgan fingerprint density at radius 3 is 1.47 bits per heavy atom. The zero-order valence-corrected chi connectivity index (χ0v) is 20.9. The monoisotopic (exact) mass is 572 g/mol. The highest BCUT2D eigenvalue weighted by Crippen LogP contribution is 2.31. The average Bonchev–Trinajstić information content (AvgIpc) is 2.77. The molecule has 7 heteroatoms. The molecule has 0 bridgehead atoms. The van der Waals surface area contributed by atoms with E-state index in [9.17, 15) is 8.42 Å². The maximum absolute atomic E-state index is 13.2. The number of aryl methyl sites for hydroxylation is 1. The summed E-state index contributed by atoms with van der Waals surface area (Å²) in [4.78, 5) is 0.438. The minimum atomic E-state index is -3.68. The maximum atomic E-state index is 13.2. The Bertz CT molecular complexity index is 1330. The van der Waals surface area contributed by atoms with Crippen LogP contribution in [-0.4, -0.2) is 8.42 Å². The van der Waals surface area contributed by atoms with Gasteiger partial charge >= 0.3 is 0 Å². The molecule has 0 spiro atoms. The zero-order valence-electron chi connectivity index (χ0n) is 17.0. The molecular weight excluding hydrogens is 556 g/mol. The van der Waals surface area contributed by atoms with Crippen molar-refractivity contribution in [1.29, 1.82) is 0 Å². The van der Waals surface area contributed by atoms with Crippen molar-refractivity contribution in [2.24, 2.45) is 0 Å². The van der Waals surface area contributed by atoms with Gasteiger partial charge in [-0.15, -0.1) is 0 Å². The van der Waals surface area contributed by atoms with E-state index in [0.29, 0.717) is 28.6 Å². The lowest BCUT2D eigenvalue weighted by Gasteiger charge is -2.12. The van der Waals surface area contributed by atoms with Crippen LogP contribution in [0.15, 0.2) is 110 Å². The van der Waals surface area contributed by atoms with Crippen LogP contribution in [0.5, 0.6) is 23.0 Å². The van der Waals surface area contributed by atoms with Crippen LogP contribution in [0.3, 0.4) is 0 Å². The third kappa shape index (κ3) is 5.23. The Balaban J connectivity index is 1.53. The second kappa shape index (κ2) is 9.48. The van der Waals surface area contributed by atoms with E-state index in [1.54, 1.807) is 49.4 Å². The van der Waals surface area contributed by atoms with Gasteiger partial charge < -0.3 is 9.47 Å². The smallest absolute Gasteiger partial charge is 0.206 e. The van der Waals surface area contributed by atoms with Crippen molar-refractivity contribution in [2.45, 2.75) is 16.7 Å². The van der Waals surface area contributed by atoms with E-state index < -0.39 is 9.84 Å². The summed E-state index contributed by atoms with van der Waals surface area (Å²) in [7, 11) is -3.68. The first-order valence-corrected chi connectivity index (χ1v) is 12.7. The summed E-state index contributed by atoms with van der Waals surface area (Å²) in [6.45, 7) is 1.76. The summed E-state index contributed by atoms with van der Waals surface area (Å²) in [5.74, 6) is 2.47. The molecule has 0 unspecified atom stereocenters. The van der Waals surface area contributed by atoms with Crippen molar-refractivity contribution in [3.05, 3.63) is 106 Å². The second-order valence-electron chi connectivity index (χ2n) is 7.01. The summed E-state index contributed by atoms with van der Waals surface area (Å²) < 4.78 is 39.9. The predicted octanol–water partition coefficient (Wildman–Crippen LogP) is 7.94. The average molecular weight is 574 g/mol. The molecule has 0 aromatic heterocycles. The van der Waals surface area contributed by atoms with Crippen LogP contribution in [0.4, 0.5) is 0 Å². The zero-order chi connectivity index (χ0) is 22.7. The highest BCUT2D eigenvalue weighted by molar-refractivity contribution is 9.10. The minimum Gasteiger partial charge on any atom is -0.457 e. The van der Waals surface area contributed by atoms with Gasteiger partial charge in [0, 0.05) is 8.95 Å². The molecule has 0 amide bonds. The first-order chi connectivity index (χ1) is 15.3. The standard InChI is InChI=1S/C25H18Br2O4S/c1-17-16-23(31-21-8-4-19(27)5-9-21)12-15-25(17)32(28,29)24-13-10-22(11-14-24)30-20-6-2-18(26)3-7-20/h2-16H,1H3. The van der Waals surface area contributed by atoms with E-state index in [4.69, 9.17) is 9.47 Å². The van der Waals surface area contributed by atoms with Gasteiger partial charge in [-0.1, -0.05) is 31.9 Å². The fraction of sp³-hybridized carbons (Fsp3) is 0.0400. The molecule has 0 N–H and O–H groups in total. The number of benzene rings is 4. The fourth-order valence-electron chi connectivity index (χ4n) is 3.08. The first-order valence-electron chi connectivity index (χ1n) is 9.64. The normalized spacial score (nSPS) is 11.2. The van der Waals surface area contributed by atoms with Crippen LogP contribution >= 0.6 is 31.9 Å². The molecule has 0 radical (unpaired) electrons. The highest BCUT2D eigenvalue weighted by atomic mass is 79.9. The molecule has 4 aromatic rings. The molecule has 0 aliphatic heterocycles. The Morgan fingerprint density at radius 2 is 1.00 bits per heavy atom. The molecule has 162 valence electrons. The van der Waals surface area contributed by atoms with Crippen molar-refractivity contribution in [2.75, 3.05) is 0 Å². The van der Waals surface area contributed by atoms with E-state index in [0.717, 1.165) is 8.95 Å². The summed E-state index contributed by atoms with van der Waals surface area (Å²) >= 11 is 6.77. The second-order valence-corrected chi connectivity index (χ2v) is 10.8. The van der Waals surface area contributed by atoms with Gasteiger partial charge in [0.05, 0.1) is 9.79 Å². The summed E-state index contributed by atoms with van der Waals surface area (Å²) in [5.41, 5.74) is 0.606. The molecule has 0 saturated heterocycles. The summed E-state index contributed by atoms with van der Waals surface area (Å²) in [6, 6.07) is 26.2. The van der Waals surface area contributed by atoms with Gasteiger partial charge in [-0.3, -0.25) is 0 Å². The lowest BCUT2D eigenvalue weighted by molar-refractivity contribution is 0.481. The van der Waals surface area contributed by atoms with Gasteiger partial charge in [0.15, 0.2) is 0 Å². The number of sulfone groups is 1. The molecule has 0 aliphatic rings. The summed E-state index contributed by atoms with van der Waals surface area (Å²) in [5, 5.41) is 0. The van der Waals surface area contributed by atoms with Crippen LogP contribution in [0.1, 0.15) is 5.56 Å². The number of halogens is 2. The minimum absolute atomic E-state index is 0.199. The molecule has 32 heavy (non-hydrogen) atoms. The third-order valence-electron chi connectivity index (χ3n) is 4.67. The molecule has 0 saturated carbocycles. The molecule has 0 atom stereocenters. The van der Waals surface area contributed by atoms with Crippen molar-refractivity contribution in [3.63, 3.8) is 0 Å². The van der Waals surface area contributed by atoms with Gasteiger partial charge in [-0.2, -0.15) is 0 Å². The summed E-state index contributed by atoms with van der Waals surface area (Å²) in [6.07, 6.45) is 0. The van der Waals surface area contributed by atoms with E-state index in [2.05, 4.69) is 31.9 Å². The first kappa shape index (κ1) is 22.6. The van der Waals surface area contributed by atoms with Crippen molar-refractivity contribution >= 4 is 41.7 Å². The van der Waals surface area contributed by atoms with E-state index in [1.165, 1.54) is 0 Å². The molecule has 4 rings (SSSR count). The molecule has 4 aromatic carbocycles. The quantitative estimate of drug-likeness (QED) is 0.235. The van der Waals surface area contributed by atoms with Gasteiger partial charge in [-0.25, -0.2) is 8.42 Å². The maximum Gasteiger partial charge on any atom is 0.206 e. The molecule has 0 fully saturated rings. The molecule has 4 nitrogen and oxygen atoms in total. The van der Waals surface area contributed by atoms with Crippen LogP contribution in [-0.2, 0) is 9.84 Å². The topological polar surface area (TPSA) is 52.6 Å². The largest absolute Gasteiger partial charge is 0.457 e. The Labute approximate surface area is 204 Å². The van der Waals surface area contributed by atoms with Gasteiger partial charge in [0.1, 0.15) is 23.0 Å². The Kier molecular flexibility index (Phi) is 6.69. The molecule has 0 aliphatic carbocycles. The third-order valence-corrected chi connectivity index (χ3v) is 7.66. The molecular formula is C25H18Br2O4S. The van der Waals surface area contributed by atoms with Crippen molar-refractivity contribution in [3.8, 4) is 23.0 Å². The van der Waals surface area contributed by atoms with Crippen LogP contribution in [0, 0.1) is 6.92 Å².